The molecule has 3 aliphatic rings. The van der Waals surface area contributed by atoms with E-state index in [2.05, 4.69) is 41.8 Å². The zero-order chi connectivity index (χ0) is 15.2. The van der Waals surface area contributed by atoms with Crippen LogP contribution < -0.4 is 4.90 Å². The van der Waals surface area contributed by atoms with Gasteiger partial charge in [-0.15, -0.1) is 0 Å². The van der Waals surface area contributed by atoms with E-state index >= 15 is 0 Å². The van der Waals surface area contributed by atoms with Crippen LogP contribution >= 0.6 is 0 Å². The maximum Gasteiger partial charge on any atom is 0.0399 e. The molecule has 4 rings (SSSR count). The molecule has 0 aromatic heterocycles. The van der Waals surface area contributed by atoms with Crippen molar-refractivity contribution in [2.45, 2.75) is 46.0 Å². The average molecular weight is 298 g/mol. The molecule has 1 aromatic carbocycles. The largest absolute Gasteiger partial charge is 0.370 e. The molecule has 3 fully saturated rings. The Morgan fingerprint density at radius 1 is 1.00 bits per heavy atom. The van der Waals surface area contributed by atoms with Gasteiger partial charge in [0.15, 0.2) is 0 Å². The van der Waals surface area contributed by atoms with Crippen molar-refractivity contribution in [3.8, 4) is 0 Å². The van der Waals surface area contributed by atoms with Gasteiger partial charge in [0.25, 0.3) is 0 Å². The molecule has 1 saturated carbocycles. The van der Waals surface area contributed by atoms with E-state index in [1.165, 1.54) is 81.6 Å². The number of likely N-dealkylation sites (tertiary alicyclic amines) is 1. The number of hydrogen-bond donors (Lipinski definition) is 0. The second-order valence-corrected chi connectivity index (χ2v) is 8.25. The van der Waals surface area contributed by atoms with Gasteiger partial charge < -0.3 is 9.80 Å². The van der Waals surface area contributed by atoms with E-state index in [4.69, 9.17) is 0 Å². The van der Waals surface area contributed by atoms with E-state index < -0.39 is 0 Å². The van der Waals surface area contributed by atoms with Crippen molar-refractivity contribution in [1.29, 1.82) is 0 Å². The Hall–Kier alpha value is -1.02. The van der Waals surface area contributed by atoms with Crippen LogP contribution in [0.2, 0.25) is 0 Å². The van der Waals surface area contributed by atoms with E-state index in [0.717, 1.165) is 5.92 Å². The first kappa shape index (κ1) is 14.6. The van der Waals surface area contributed by atoms with Crippen LogP contribution in [0.1, 0.15) is 43.2 Å². The highest BCUT2D eigenvalue weighted by atomic mass is 15.3. The first-order valence-corrected chi connectivity index (χ1v) is 9.19. The minimum atomic E-state index is 0.630. The van der Waals surface area contributed by atoms with Crippen molar-refractivity contribution in [2.24, 2.45) is 11.3 Å². The van der Waals surface area contributed by atoms with Crippen LogP contribution in [0.3, 0.4) is 0 Å². The van der Waals surface area contributed by atoms with Gasteiger partial charge in [-0.05, 0) is 49.8 Å². The lowest BCUT2D eigenvalue weighted by Gasteiger charge is -2.62. The summed E-state index contributed by atoms with van der Waals surface area (Å²) in [4.78, 5) is 5.33. The number of aryl methyl sites for hydroxylation is 1. The number of hydrogen-bond acceptors (Lipinski definition) is 2. The monoisotopic (exact) mass is 298 g/mol. The van der Waals surface area contributed by atoms with Crippen LogP contribution in [0.15, 0.2) is 18.2 Å². The van der Waals surface area contributed by atoms with Crippen molar-refractivity contribution in [2.75, 3.05) is 37.6 Å². The Balaban J connectivity index is 1.28. The second-order valence-electron chi connectivity index (χ2n) is 8.25. The summed E-state index contributed by atoms with van der Waals surface area (Å²) in [6.45, 7) is 11.1. The third-order valence-corrected chi connectivity index (χ3v) is 6.33. The van der Waals surface area contributed by atoms with Gasteiger partial charge in [0.05, 0.1) is 0 Å². The summed E-state index contributed by atoms with van der Waals surface area (Å²) < 4.78 is 0. The van der Waals surface area contributed by atoms with E-state index in [-0.39, 0.29) is 0 Å². The lowest BCUT2D eigenvalue weighted by molar-refractivity contribution is -0.0333. The van der Waals surface area contributed by atoms with Gasteiger partial charge in [-0.3, -0.25) is 0 Å². The highest BCUT2D eigenvalue weighted by Crippen LogP contribution is 2.43. The summed E-state index contributed by atoms with van der Waals surface area (Å²) in [5.74, 6) is 1.00. The fourth-order valence-corrected chi connectivity index (χ4v) is 4.98. The summed E-state index contributed by atoms with van der Waals surface area (Å²) >= 11 is 0. The van der Waals surface area contributed by atoms with Gasteiger partial charge in [0, 0.05) is 43.8 Å². The van der Waals surface area contributed by atoms with Gasteiger partial charge in [0.1, 0.15) is 0 Å². The molecule has 0 bridgehead atoms. The van der Waals surface area contributed by atoms with Crippen LogP contribution in [0.4, 0.5) is 5.69 Å². The van der Waals surface area contributed by atoms with Crippen LogP contribution in [0.5, 0.6) is 0 Å². The van der Waals surface area contributed by atoms with Crippen LogP contribution in [-0.4, -0.2) is 37.6 Å². The molecule has 120 valence electrons. The summed E-state index contributed by atoms with van der Waals surface area (Å²) in [5, 5.41) is 0. The Labute approximate surface area is 135 Å². The predicted molar refractivity (Wildman–Crippen MR) is 93.6 cm³/mol. The molecular formula is C20H30N2. The molecule has 0 N–H and O–H groups in total. The maximum absolute atomic E-state index is 2.73. The molecule has 1 aromatic rings. The molecule has 2 nitrogen and oxygen atoms in total. The molecule has 22 heavy (non-hydrogen) atoms. The minimum Gasteiger partial charge on any atom is -0.370 e. The second kappa shape index (κ2) is 5.56. The fourth-order valence-electron chi connectivity index (χ4n) is 4.98. The van der Waals surface area contributed by atoms with Gasteiger partial charge in [-0.25, -0.2) is 0 Å². The summed E-state index contributed by atoms with van der Waals surface area (Å²) in [5.41, 5.74) is 4.99. The van der Waals surface area contributed by atoms with Crippen molar-refractivity contribution in [3.05, 3.63) is 29.3 Å². The third kappa shape index (κ3) is 2.56. The number of nitrogens with zero attached hydrogens (tertiary/aromatic N) is 2. The lowest BCUT2D eigenvalue weighted by atomic mass is 9.71. The number of anilines is 1. The highest BCUT2D eigenvalue weighted by Gasteiger charge is 2.51. The topological polar surface area (TPSA) is 6.48 Å². The fraction of sp³-hybridized carbons (Fsp3) is 0.700. The quantitative estimate of drug-likeness (QED) is 0.832. The Morgan fingerprint density at radius 3 is 2.45 bits per heavy atom. The smallest absolute Gasteiger partial charge is 0.0399 e. The Bertz CT molecular complexity index is 531. The van der Waals surface area contributed by atoms with Gasteiger partial charge in [0.2, 0.25) is 0 Å². The van der Waals surface area contributed by atoms with E-state index in [1.54, 1.807) is 0 Å². The van der Waals surface area contributed by atoms with Crippen LogP contribution in [0.25, 0.3) is 0 Å². The molecule has 0 amide bonds. The van der Waals surface area contributed by atoms with Gasteiger partial charge >= 0.3 is 0 Å². The molecular weight excluding hydrogens is 268 g/mol. The van der Waals surface area contributed by atoms with E-state index in [0.29, 0.717) is 5.41 Å². The summed E-state index contributed by atoms with van der Waals surface area (Å²) in [7, 11) is 0. The van der Waals surface area contributed by atoms with E-state index in [1.807, 2.05) is 0 Å². The number of rotatable bonds is 3. The highest BCUT2D eigenvalue weighted by molar-refractivity contribution is 5.58. The molecule has 2 saturated heterocycles. The predicted octanol–water partition coefficient (Wildman–Crippen LogP) is 4.01. The number of benzene rings is 1. The van der Waals surface area contributed by atoms with Crippen molar-refractivity contribution < 1.29 is 0 Å². The average Bonchev–Trinajstić information content (AvgIpc) is 2.45. The zero-order valence-electron chi connectivity index (χ0n) is 14.3. The lowest BCUT2D eigenvalue weighted by Crippen LogP contribution is -2.72. The minimum absolute atomic E-state index is 0.630. The molecule has 0 radical (unpaired) electrons. The summed E-state index contributed by atoms with van der Waals surface area (Å²) in [6.07, 6.45) is 7.40. The SMILES string of the molecule is Cc1cccc(N2CC3(CN(CC4CCCCC4)C3)C2)c1C. The molecule has 2 aliphatic heterocycles. The first-order chi connectivity index (χ1) is 10.7. The summed E-state index contributed by atoms with van der Waals surface area (Å²) in [6, 6.07) is 6.73. The standard InChI is InChI=1S/C20H30N2/c1-16-7-6-10-19(17(16)2)22-14-20(15-22)12-21(13-20)11-18-8-4-3-5-9-18/h6-7,10,18H,3-5,8-9,11-15H2,1-2H3. The maximum atomic E-state index is 2.73. The molecule has 2 heteroatoms. The van der Waals surface area contributed by atoms with Crippen LogP contribution in [-0.2, 0) is 0 Å². The molecule has 2 heterocycles. The Kier molecular flexibility index (Phi) is 3.68. The van der Waals surface area contributed by atoms with Crippen molar-refractivity contribution in [1.82, 2.24) is 4.90 Å². The first-order valence-electron chi connectivity index (χ1n) is 9.19. The molecule has 0 unspecified atom stereocenters. The molecule has 1 aliphatic carbocycles. The van der Waals surface area contributed by atoms with Gasteiger partial charge in [-0.2, -0.15) is 0 Å². The van der Waals surface area contributed by atoms with Gasteiger partial charge in [-0.1, -0.05) is 31.4 Å². The normalized spacial score (nSPS) is 25.1. The van der Waals surface area contributed by atoms with Crippen molar-refractivity contribution in [3.63, 3.8) is 0 Å². The zero-order valence-corrected chi connectivity index (χ0v) is 14.3. The molecule has 0 atom stereocenters. The van der Waals surface area contributed by atoms with Crippen LogP contribution in [0, 0.1) is 25.2 Å². The third-order valence-electron chi connectivity index (χ3n) is 6.33. The molecule has 1 spiro atoms. The Morgan fingerprint density at radius 2 is 1.73 bits per heavy atom. The van der Waals surface area contributed by atoms with Crippen molar-refractivity contribution >= 4 is 5.69 Å². The van der Waals surface area contributed by atoms with E-state index in [9.17, 15) is 0 Å².